The van der Waals surface area contributed by atoms with Crippen LogP contribution in [0.2, 0.25) is 15.1 Å². The van der Waals surface area contributed by atoms with Crippen LogP contribution in [0.4, 0.5) is 13.2 Å². The normalized spacial score (nSPS) is 19.6. The van der Waals surface area contributed by atoms with E-state index in [1.54, 1.807) is 48.5 Å². The van der Waals surface area contributed by atoms with Crippen LogP contribution in [0, 0.1) is 0 Å². The molecule has 2 atom stereocenters. The van der Waals surface area contributed by atoms with Gasteiger partial charge in [0.2, 0.25) is 0 Å². The molecule has 0 radical (unpaired) electrons. The van der Waals surface area contributed by atoms with Gasteiger partial charge >= 0.3 is 6.18 Å². The summed E-state index contributed by atoms with van der Waals surface area (Å²) in [6.07, 6.45) is -3.82. The van der Waals surface area contributed by atoms with Gasteiger partial charge in [-0.15, -0.1) is 0 Å². The zero-order chi connectivity index (χ0) is 25.4. The summed E-state index contributed by atoms with van der Waals surface area (Å²) < 4.78 is 59.8. The SMILES string of the molecule is CS(=O)(=NCc1ccc(C2=NOC(c3cc(Cl)cc(Cl)c3)(C(F)(F)F)C2)cc1)c1ccccc1Cl. The van der Waals surface area contributed by atoms with Crippen molar-refractivity contribution in [2.75, 3.05) is 6.26 Å². The molecule has 0 fully saturated rings. The van der Waals surface area contributed by atoms with E-state index < -0.39 is 27.9 Å². The molecule has 4 nitrogen and oxygen atoms in total. The molecule has 0 spiro atoms. The molecule has 3 aromatic rings. The number of benzene rings is 3. The van der Waals surface area contributed by atoms with Crippen LogP contribution < -0.4 is 0 Å². The Morgan fingerprint density at radius 1 is 1.03 bits per heavy atom. The zero-order valence-corrected chi connectivity index (χ0v) is 21.2. The molecule has 0 bridgehead atoms. The van der Waals surface area contributed by atoms with Crippen molar-refractivity contribution in [1.82, 2.24) is 0 Å². The molecule has 0 aliphatic carbocycles. The Morgan fingerprint density at radius 3 is 2.26 bits per heavy atom. The zero-order valence-electron chi connectivity index (χ0n) is 18.2. The minimum atomic E-state index is -4.77. The fourth-order valence-electron chi connectivity index (χ4n) is 3.67. The molecule has 0 aromatic heterocycles. The van der Waals surface area contributed by atoms with E-state index in [1.807, 2.05) is 0 Å². The highest BCUT2D eigenvalue weighted by Crippen LogP contribution is 2.49. The fraction of sp³-hybridized carbons (Fsp3) is 0.208. The summed E-state index contributed by atoms with van der Waals surface area (Å²) in [5.74, 6) is 0. The van der Waals surface area contributed by atoms with Crippen LogP contribution in [-0.4, -0.2) is 22.4 Å². The Morgan fingerprint density at radius 2 is 1.66 bits per heavy atom. The van der Waals surface area contributed by atoms with Gasteiger partial charge < -0.3 is 4.84 Å². The van der Waals surface area contributed by atoms with E-state index in [2.05, 4.69) is 9.52 Å². The summed E-state index contributed by atoms with van der Waals surface area (Å²) in [6, 6.07) is 17.1. The standard InChI is InChI=1S/C24H18Cl3F3N2O2S/c1-35(33,22-5-3-2-4-20(22)27)31-14-15-6-8-16(9-7-15)21-13-23(34-32-21,24(28,29)30)17-10-18(25)12-19(26)11-17/h2-12H,13-14H2,1H3. The smallest absolute Gasteiger partial charge is 0.374 e. The van der Waals surface area contributed by atoms with Crippen molar-refractivity contribution in [3.05, 3.63) is 98.5 Å². The fourth-order valence-corrected chi connectivity index (χ4v) is 6.05. The first-order chi connectivity index (χ1) is 16.4. The summed E-state index contributed by atoms with van der Waals surface area (Å²) in [7, 11) is -2.73. The predicted molar refractivity (Wildman–Crippen MR) is 133 cm³/mol. The number of nitrogens with zero attached hydrogens (tertiary/aromatic N) is 2. The highest BCUT2D eigenvalue weighted by molar-refractivity contribution is 7.93. The molecule has 1 heterocycles. The lowest BCUT2D eigenvalue weighted by Crippen LogP contribution is -2.42. The number of hydrogen-bond donors (Lipinski definition) is 0. The molecule has 184 valence electrons. The van der Waals surface area contributed by atoms with Crippen molar-refractivity contribution < 1.29 is 22.2 Å². The van der Waals surface area contributed by atoms with Crippen molar-refractivity contribution in [2.45, 2.75) is 29.6 Å². The van der Waals surface area contributed by atoms with E-state index >= 15 is 0 Å². The van der Waals surface area contributed by atoms with Crippen molar-refractivity contribution in [1.29, 1.82) is 0 Å². The molecular weight excluding hydrogens is 544 g/mol. The summed E-state index contributed by atoms with van der Waals surface area (Å²) in [5.41, 5.74) is -1.63. The maximum Gasteiger partial charge on any atom is 0.435 e. The highest BCUT2D eigenvalue weighted by Gasteiger charge is 2.62. The second kappa shape index (κ2) is 9.65. The molecule has 1 aliphatic heterocycles. The van der Waals surface area contributed by atoms with Gasteiger partial charge in [-0.1, -0.05) is 76.4 Å². The van der Waals surface area contributed by atoms with Gasteiger partial charge in [0, 0.05) is 28.3 Å². The monoisotopic (exact) mass is 560 g/mol. The first kappa shape index (κ1) is 25.8. The molecule has 0 saturated heterocycles. The van der Waals surface area contributed by atoms with Crippen molar-refractivity contribution in [3.8, 4) is 0 Å². The van der Waals surface area contributed by atoms with Crippen LogP contribution in [0.1, 0.15) is 23.1 Å². The summed E-state index contributed by atoms with van der Waals surface area (Å²) in [4.78, 5) is 5.47. The summed E-state index contributed by atoms with van der Waals surface area (Å²) >= 11 is 18.0. The van der Waals surface area contributed by atoms with Crippen LogP contribution in [0.5, 0.6) is 0 Å². The van der Waals surface area contributed by atoms with Gasteiger partial charge in [0.1, 0.15) is 0 Å². The van der Waals surface area contributed by atoms with Gasteiger partial charge in [-0.2, -0.15) is 13.2 Å². The van der Waals surface area contributed by atoms with Crippen LogP contribution in [0.25, 0.3) is 0 Å². The second-order valence-electron chi connectivity index (χ2n) is 8.01. The van der Waals surface area contributed by atoms with E-state index in [-0.39, 0.29) is 27.9 Å². The third-order valence-electron chi connectivity index (χ3n) is 5.54. The largest absolute Gasteiger partial charge is 0.435 e. The number of alkyl halides is 3. The average Bonchev–Trinajstić information content (AvgIpc) is 3.25. The summed E-state index contributed by atoms with van der Waals surface area (Å²) in [5, 5.41) is 4.24. The third-order valence-corrected chi connectivity index (χ3v) is 8.21. The molecule has 35 heavy (non-hydrogen) atoms. The minimum absolute atomic E-state index is 0.0607. The number of halogens is 6. The minimum Gasteiger partial charge on any atom is -0.374 e. The van der Waals surface area contributed by atoms with E-state index in [9.17, 15) is 17.4 Å². The lowest BCUT2D eigenvalue weighted by atomic mass is 9.86. The van der Waals surface area contributed by atoms with Gasteiger partial charge in [0.15, 0.2) is 0 Å². The van der Waals surface area contributed by atoms with Crippen LogP contribution in [0.3, 0.4) is 0 Å². The van der Waals surface area contributed by atoms with Crippen LogP contribution >= 0.6 is 34.8 Å². The number of rotatable bonds is 5. The molecule has 0 amide bonds. The highest BCUT2D eigenvalue weighted by atomic mass is 35.5. The van der Waals surface area contributed by atoms with Crippen molar-refractivity contribution >= 4 is 50.2 Å². The Hall–Kier alpha value is -2.26. The predicted octanol–water partition coefficient (Wildman–Crippen LogP) is 7.89. The molecule has 0 saturated carbocycles. The van der Waals surface area contributed by atoms with Crippen LogP contribution in [-0.2, 0) is 26.7 Å². The van der Waals surface area contributed by atoms with Gasteiger partial charge in [0.05, 0.1) is 31.9 Å². The Kier molecular flexibility index (Phi) is 7.12. The third kappa shape index (κ3) is 5.31. The van der Waals surface area contributed by atoms with Crippen LogP contribution in [0.15, 0.2) is 81.1 Å². The second-order valence-corrected chi connectivity index (χ2v) is 11.6. The molecular formula is C24H18Cl3F3N2O2S. The number of oxime groups is 1. The van der Waals surface area contributed by atoms with Crippen molar-refractivity contribution in [3.63, 3.8) is 0 Å². The van der Waals surface area contributed by atoms with E-state index in [4.69, 9.17) is 39.6 Å². The van der Waals surface area contributed by atoms with E-state index in [0.29, 0.717) is 15.5 Å². The molecule has 0 N–H and O–H groups in total. The van der Waals surface area contributed by atoms with E-state index in [1.165, 1.54) is 24.5 Å². The lowest BCUT2D eigenvalue weighted by molar-refractivity contribution is -0.275. The lowest BCUT2D eigenvalue weighted by Gasteiger charge is -2.29. The topological polar surface area (TPSA) is 51.0 Å². The Labute approximate surface area is 215 Å². The maximum absolute atomic E-state index is 14.2. The molecule has 3 aromatic carbocycles. The van der Waals surface area contributed by atoms with Gasteiger partial charge in [-0.3, -0.25) is 0 Å². The summed E-state index contributed by atoms with van der Waals surface area (Å²) in [6.45, 7) is 0.136. The first-order valence-electron chi connectivity index (χ1n) is 10.2. The molecule has 4 rings (SSSR count). The number of hydrogen-bond acceptors (Lipinski definition) is 4. The quantitative estimate of drug-likeness (QED) is 0.318. The molecule has 1 aliphatic rings. The maximum atomic E-state index is 14.2. The van der Waals surface area contributed by atoms with Gasteiger partial charge in [0.25, 0.3) is 5.60 Å². The Bertz CT molecular complexity index is 1400. The van der Waals surface area contributed by atoms with Crippen molar-refractivity contribution in [2.24, 2.45) is 9.52 Å². The molecule has 2 unspecified atom stereocenters. The van der Waals surface area contributed by atoms with Gasteiger partial charge in [-0.05, 0) is 41.5 Å². The average molecular weight is 562 g/mol. The molecule has 11 heteroatoms. The first-order valence-corrected chi connectivity index (χ1v) is 13.3. The Balaban J connectivity index is 1.56. The van der Waals surface area contributed by atoms with Gasteiger partial charge in [-0.25, -0.2) is 8.57 Å². The van der Waals surface area contributed by atoms with E-state index in [0.717, 1.165) is 5.56 Å².